The van der Waals surface area contributed by atoms with E-state index in [0.717, 1.165) is 16.5 Å². The molecule has 26 heavy (non-hydrogen) atoms. The Morgan fingerprint density at radius 3 is 2.50 bits per heavy atom. The maximum atomic E-state index is 12.4. The average Bonchev–Trinajstić information content (AvgIpc) is 3.09. The first kappa shape index (κ1) is 17.7. The molecule has 0 aliphatic carbocycles. The minimum Gasteiger partial charge on any atom is -0.459 e. The van der Waals surface area contributed by atoms with Crippen LogP contribution in [0.4, 0.5) is 0 Å². The molecule has 3 rings (SSSR count). The van der Waals surface area contributed by atoms with Crippen molar-refractivity contribution in [2.45, 2.75) is 19.9 Å². The number of hydrogen-bond acceptors (Lipinski definition) is 3. The van der Waals surface area contributed by atoms with E-state index in [4.69, 9.17) is 4.42 Å². The second-order valence-corrected chi connectivity index (χ2v) is 6.42. The summed E-state index contributed by atoms with van der Waals surface area (Å²) in [6.45, 7) is 3.80. The topological polar surface area (TPSA) is 62.6 Å². The summed E-state index contributed by atoms with van der Waals surface area (Å²) < 4.78 is 5.83. The number of fused-ring (bicyclic) bond motifs is 1. The van der Waals surface area contributed by atoms with Gasteiger partial charge < -0.3 is 14.6 Å². The molecular formula is C21H22N2O3. The first-order valence-electron chi connectivity index (χ1n) is 8.54. The lowest BCUT2D eigenvalue weighted by atomic mass is 10.1. The van der Waals surface area contributed by atoms with Crippen molar-refractivity contribution in [3.05, 3.63) is 71.5 Å². The van der Waals surface area contributed by atoms with Crippen molar-refractivity contribution in [1.29, 1.82) is 0 Å². The Kier molecular flexibility index (Phi) is 5.07. The van der Waals surface area contributed by atoms with Crippen LogP contribution in [-0.4, -0.2) is 30.3 Å². The van der Waals surface area contributed by atoms with Crippen LogP contribution in [0.1, 0.15) is 34.6 Å². The maximum Gasteiger partial charge on any atom is 0.251 e. The summed E-state index contributed by atoms with van der Waals surface area (Å²) in [5, 5.41) is 3.67. The average molecular weight is 350 g/mol. The lowest BCUT2D eigenvalue weighted by Gasteiger charge is -2.23. The molecular weight excluding hydrogens is 328 g/mol. The van der Waals surface area contributed by atoms with Crippen LogP contribution in [0.2, 0.25) is 0 Å². The number of hydrogen-bond donors (Lipinski definition) is 1. The Labute approximate surface area is 152 Å². The molecule has 2 amide bonds. The Bertz CT molecular complexity index is 895. The Balaban J connectivity index is 1.61. The van der Waals surface area contributed by atoms with Gasteiger partial charge in [-0.1, -0.05) is 35.9 Å². The van der Waals surface area contributed by atoms with Crippen LogP contribution in [0.3, 0.4) is 0 Å². The highest BCUT2D eigenvalue weighted by Gasteiger charge is 2.21. The first-order chi connectivity index (χ1) is 12.5. The third-order valence-corrected chi connectivity index (χ3v) is 4.54. The van der Waals surface area contributed by atoms with Crippen LogP contribution in [0.5, 0.6) is 0 Å². The lowest BCUT2D eigenvalue weighted by Crippen LogP contribution is -2.39. The van der Waals surface area contributed by atoms with Gasteiger partial charge in [0.25, 0.3) is 5.91 Å². The highest BCUT2D eigenvalue weighted by Crippen LogP contribution is 2.26. The van der Waals surface area contributed by atoms with E-state index in [-0.39, 0.29) is 24.4 Å². The van der Waals surface area contributed by atoms with E-state index in [2.05, 4.69) is 5.32 Å². The van der Waals surface area contributed by atoms with Crippen LogP contribution < -0.4 is 5.32 Å². The van der Waals surface area contributed by atoms with Gasteiger partial charge in [0.15, 0.2) is 0 Å². The van der Waals surface area contributed by atoms with Gasteiger partial charge in [-0.05, 0) is 38.1 Å². The second kappa shape index (κ2) is 7.44. The van der Waals surface area contributed by atoms with Gasteiger partial charge in [0.05, 0.1) is 12.6 Å². The number of nitrogens with zero attached hydrogens (tertiary/aromatic N) is 1. The van der Waals surface area contributed by atoms with Crippen molar-refractivity contribution in [3.8, 4) is 0 Å². The van der Waals surface area contributed by atoms with E-state index in [1.807, 2.05) is 56.3 Å². The molecule has 0 fully saturated rings. The number of aryl methyl sites for hydroxylation is 1. The molecule has 5 nitrogen and oxygen atoms in total. The van der Waals surface area contributed by atoms with Gasteiger partial charge >= 0.3 is 0 Å². The number of nitrogens with one attached hydrogen (secondary N) is 1. The first-order valence-corrected chi connectivity index (χ1v) is 8.54. The number of carbonyl (C=O) groups is 2. The van der Waals surface area contributed by atoms with Gasteiger partial charge in [0, 0.05) is 18.0 Å². The van der Waals surface area contributed by atoms with Crippen molar-refractivity contribution in [3.63, 3.8) is 0 Å². The summed E-state index contributed by atoms with van der Waals surface area (Å²) in [5.41, 5.74) is 2.41. The van der Waals surface area contributed by atoms with Gasteiger partial charge in [0.1, 0.15) is 11.3 Å². The fourth-order valence-corrected chi connectivity index (χ4v) is 2.70. The predicted molar refractivity (Wildman–Crippen MR) is 101 cm³/mol. The van der Waals surface area contributed by atoms with Gasteiger partial charge in [0.2, 0.25) is 5.91 Å². The van der Waals surface area contributed by atoms with E-state index < -0.39 is 0 Å². The summed E-state index contributed by atoms with van der Waals surface area (Å²) in [7, 11) is 1.71. The molecule has 0 radical (unpaired) electrons. The van der Waals surface area contributed by atoms with E-state index in [9.17, 15) is 9.59 Å². The maximum absolute atomic E-state index is 12.4. The molecule has 134 valence electrons. The molecule has 1 aromatic heterocycles. The van der Waals surface area contributed by atoms with E-state index in [1.54, 1.807) is 24.1 Å². The highest BCUT2D eigenvalue weighted by atomic mass is 16.3. The molecule has 1 heterocycles. The fourth-order valence-electron chi connectivity index (χ4n) is 2.70. The van der Waals surface area contributed by atoms with Gasteiger partial charge in [-0.15, -0.1) is 0 Å². The molecule has 0 aliphatic rings. The Hall–Kier alpha value is -3.08. The molecule has 0 aliphatic heterocycles. The normalized spacial score (nSPS) is 12.0. The van der Waals surface area contributed by atoms with E-state index >= 15 is 0 Å². The molecule has 0 saturated carbocycles. The predicted octanol–water partition coefficient (Wildman–Crippen LogP) is 3.69. The number of carbonyl (C=O) groups excluding carboxylic acids is 2. The third kappa shape index (κ3) is 3.77. The Morgan fingerprint density at radius 2 is 1.81 bits per heavy atom. The van der Waals surface area contributed by atoms with Crippen molar-refractivity contribution >= 4 is 22.8 Å². The summed E-state index contributed by atoms with van der Waals surface area (Å²) in [4.78, 5) is 26.1. The standard InChI is InChI=1S/C21H22N2O3/c1-14-8-10-16(11-9-14)21(25)22-13-20(24)23(3)15(2)19-12-17-6-4-5-7-18(17)26-19/h4-12,15H,13H2,1-3H3,(H,22,25). The molecule has 1 N–H and O–H groups in total. The van der Waals surface area contributed by atoms with Crippen LogP contribution in [0.25, 0.3) is 11.0 Å². The summed E-state index contributed by atoms with van der Waals surface area (Å²) >= 11 is 0. The quantitative estimate of drug-likeness (QED) is 0.763. The van der Waals surface area contributed by atoms with Crippen molar-refractivity contribution in [1.82, 2.24) is 10.2 Å². The molecule has 2 aromatic carbocycles. The molecule has 0 spiro atoms. The summed E-state index contributed by atoms with van der Waals surface area (Å²) in [6, 6.07) is 16.7. The van der Waals surface area contributed by atoms with Crippen molar-refractivity contribution in [2.24, 2.45) is 0 Å². The molecule has 3 aromatic rings. The second-order valence-electron chi connectivity index (χ2n) is 6.42. The largest absolute Gasteiger partial charge is 0.459 e. The zero-order valence-electron chi connectivity index (χ0n) is 15.2. The number of para-hydroxylation sites is 1. The minimum absolute atomic E-state index is 0.0617. The number of likely N-dealkylation sites (N-methyl/N-ethyl adjacent to an activating group) is 1. The van der Waals surface area contributed by atoms with Crippen LogP contribution >= 0.6 is 0 Å². The van der Waals surface area contributed by atoms with Crippen molar-refractivity contribution < 1.29 is 14.0 Å². The monoisotopic (exact) mass is 350 g/mol. The smallest absolute Gasteiger partial charge is 0.251 e. The van der Waals surface area contributed by atoms with Crippen LogP contribution in [0, 0.1) is 6.92 Å². The van der Waals surface area contributed by atoms with E-state index in [0.29, 0.717) is 11.3 Å². The van der Waals surface area contributed by atoms with Crippen molar-refractivity contribution in [2.75, 3.05) is 13.6 Å². The Morgan fingerprint density at radius 1 is 1.12 bits per heavy atom. The molecule has 5 heteroatoms. The van der Waals surface area contributed by atoms with Crippen LogP contribution in [0.15, 0.2) is 59.0 Å². The number of amides is 2. The minimum atomic E-state index is -0.261. The fraction of sp³-hybridized carbons (Fsp3) is 0.238. The number of benzene rings is 2. The number of furan rings is 1. The highest BCUT2D eigenvalue weighted by molar-refractivity contribution is 5.96. The van der Waals surface area contributed by atoms with Gasteiger partial charge in [-0.3, -0.25) is 9.59 Å². The summed E-state index contributed by atoms with van der Waals surface area (Å²) in [6.07, 6.45) is 0. The zero-order chi connectivity index (χ0) is 18.7. The molecule has 1 atom stereocenters. The van der Waals surface area contributed by atoms with Gasteiger partial charge in [-0.25, -0.2) is 0 Å². The lowest BCUT2D eigenvalue weighted by molar-refractivity contribution is -0.131. The molecule has 0 bridgehead atoms. The van der Waals surface area contributed by atoms with Crippen LogP contribution in [-0.2, 0) is 4.79 Å². The molecule has 0 saturated heterocycles. The SMILES string of the molecule is Cc1ccc(C(=O)NCC(=O)N(C)C(C)c2cc3ccccc3o2)cc1. The van der Waals surface area contributed by atoms with Gasteiger partial charge in [-0.2, -0.15) is 0 Å². The third-order valence-electron chi connectivity index (χ3n) is 4.54. The molecule has 1 unspecified atom stereocenters. The summed E-state index contributed by atoms with van der Waals surface area (Å²) in [5.74, 6) is 0.272. The zero-order valence-corrected chi connectivity index (χ0v) is 15.2. The van der Waals surface area contributed by atoms with E-state index in [1.165, 1.54) is 0 Å². The number of rotatable bonds is 5.